The van der Waals surface area contributed by atoms with Gasteiger partial charge in [0.2, 0.25) is 5.91 Å². The number of hydrogen-bond acceptors (Lipinski definition) is 4. The lowest BCUT2D eigenvalue weighted by molar-refractivity contribution is -0.141. The second-order valence-corrected chi connectivity index (χ2v) is 12.3. The summed E-state index contributed by atoms with van der Waals surface area (Å²) >= 11 is 0. The molecule has 1 saturated carbocycles. The topological polar surface area (TPSA) is 87.7 Å². The molecule has 4 rings (SSSR count). The Morgan fingerprint density at radius 1 is 0.977 bits per heavy atom. The molecule has 4 atom stereocenters. The third-order valence-corrected chi connectivity index (χ3v) is 7.62. The van der Waals surface area contributed by atoms with Gasteiger partial charge in [-0.25, -0.2) is 4.79 Å². The molecule has 4 unspecified atom stereocenters. The summed E-state index contributed by atoms with van der Waals surface area (Å²) in [6, 6.07) is 20.2. The monoisotopic (exact) mass is 579 g/mol. The van der Waals surface area contributed by atoms with Crippen molar-refractivity contribution in [2.45, 2.75) is 78.1 Å². The van der Waals surface area contributed by atoms with E-state index in [0.29, 0.717) is 16.8 Å². The van der Waals surface area contributed by atoms with E-state index in [1.54, 1.807) is 37.8 Å². The van der Waals surface area contributed by atoms with E-state index in [9.17, 15) is 14.4 Å². The Hall–Kier alpha value is -4.57. The fourth-order valence-electron chi connectivity index (χ4n) is 5.34. The fourth-order valence-corrected chi connectivity index (χ4v) is 5.34. The normalized spacial score (nSPS) is 17.1. The Labute approximate surface area is 255 Å². The molecule has 224 valence electrons. The molecule has 1 aliphatic rings. The molecular formula is C36H41N3O4. The lowest BCUT2D eigenvalue weighted by Gasteiger charge is -2.35. The van der Waals surface area contributed by atoms with Crippen LogP contribution < -0.4 is 10.6 Å². The highest BCUT2D eigenvalue weighted by Gasteiger charge is 2.48. The number of benzene rings is 3. The van der Waals surface area contributed by atoms with Crippen LogP contribution in [0.1, 0.15) is 68.0 Å². The van der Waals surface area contributed by atoms with Crippen LogP contribution in [0, 0.1) is 32.1 Å². The van der Waals surface area contributed by atoms with Gasteiger partial charge in [-0.1, -0.05) is 79.6 Å². The quantitative estimate of drug-likeness (QED) is 0.290. The smallest absolute Gasteiger partial charge is 0.408 e. The van der Waals surface area contributed by atoms with Crippen LogP contribution in [0.5, 0.6) is 0 Å². The van der Waals surface area contributed by atoms with Crippen molar-refractivity contribution in [3.8, 4) is 12.3 Å². The Morgan fingerprint density at radius 3 is 2.16 bits per heavy atom. The molecule has 1 aliphatic carbocycles. The number of nitrogens with one attached hydrogen (secondary N) is 2. The lowest BCUT2D eigenvalue weighted by Crippen LogP contribution is -2.54. The predicted molar refractivity (Wildman–Crippen MR) is 169 cm³/mol. The number of ether oxygens (including phenoxy) is 1. The zero-order valence-corrected chi connectivity index (χ0v) is 25.8. The molecule has 2 N–H and O–H groups in total. The summed E-state index contributed by atoms with van der Waals surface area (Å²) < 4.78 is 5.54. The number of amides is 3. The molecule has 3 aromatic carbocycles. The molecule has 43 heavy (non-hydrogen) atoms. The van der Waals surface area contributed by atoms with Crippen molar-refractivity contribution in [2.75, 3.05) is 5.32 Å². The molecule has 0 bridgehead atoms. The third kappa shape index (κ3) is 7.84. The summed E-state index contributed by atoms with van der Waals surface area (Å²) in [4.78, 5) is 43.7. The summed E-state index contributed by atoms with van der Waals surface area (Å²) in [6.07, 6.45) is 6.15. The van der Waals surface area contributed by atoms with E-state index in [0.717, 1.165) is 23.1 Å². The minimum Gasteiger partial charge on any atom is -0.444 e. The van der Waals surface area contributed by atoms with E-state index in [2.05, 4.69) is 16.6 Å². The van der Waals surface area contributed by atoms with Crippen molar-refractivity contribution < 1.29 is 19.1 Å². The molecule has 0 saturated heterocycles. The minimum absolute atomic E-state index is 0.163. The number of aryl methyl sites for hydroxylation is 2. The molecule has 7 heteroatoms. The van der Waals surface area contributed by atoms with Crippen molar-refractivity contribution >= 4 is 23.6 Å². The molecule has 0 aromatic heterocycles. The number of anilines is 1. The van der Waals surface area contributed by atoms with Gasteiger partial charge in [0.25, 0.3) is 5.91 Å². The largest absolute Gasteiger partial charge is 0.444 e. The average molecular weight is 580 g/mol. The van der Waals surface area contributed by atoms with Crippen molar-refractivity contribution in [1.29, 1.82) is 0 Å². The first-order valence-corrected chi connectivity index (χ1v) is 14.7. The first kappa shape index (κ1) is 31.4. The number of terminal acetylenes is 1. The van der Waals surface area contributed by atoms with Gasteiger partial charge in [-0.15, -0.1) is 6.42 Å². The van der Waals surface area contributed by atoms with E-state index in [4.69, 9.17) is 11.2 Å². The zero-order valence-electron chi connectivity index (χ0n) is 25.8. The first-order valence-electron chi connectivity index (χ1n) is 14.7. The van der Waals surface area contributed by atoms with Crippen LogP contribution in [0.2, 0.25) is 0 Å². The molecule has 0 heterocycles. The van der Waals surface area contributed by atoms with E-state index < -0.39 is 23.8 Å². The molecule has 0 spiro atoms. The zero-order chi connectivity index (χ0) is 31.3. The Morgan fingerprint density at radius 2 is 1.58 bits per heavy atom. The minimum atomic E-state index is -1.03. The second kappa shape index (κ2) is 13.2. The van der Waals surface area contributed by atoms with Crippen LogP contribution >= 0.6 is 0 Å². The Balaban J connectivity index is 1.80. The summed E-state index contributed by atoms with van der Waals surface area (Å²) in [7, 11) is 0. The van der Waals surface area contributed by atoms with Gasteiger partial charge in [-0.3, -0.25) is 9.59 Å². The fraction of sp³-hybridized carbons (Fsp3) is 0.361. The van der Waals surface area contributed by atoms with Gasteiger partial charge in [0, 0.05) is 23.7 Å². The van der Waals surface area contributed by atoms with E-state index in [1.807, 2.05) is 81.4 Å². The highest BCUT2D eigenvalue weighted by Crippen LogP contribution is 2.42. The summed E-state index contributed by atoms with van der Waals surface area (Å²) in [5, 5.41) is 5.93. The van der Waals surface area contributed by atoms with Crippen LogP contribution in [0.4, 0.5) is 10.5 Å². The molecule has 3 amide bonds. The highest BCUT2D eigenvalue weighted by atomic mass is 16.6. The van der Waals surface area contributed by atoms with Gasteiger partial charge in [0.05, 0.1) is 0 Å². The molecule has 7 nitrogen and oxygen atoms in total. The molecule has 0 aliphatic heterocycles. The number of rotatable bonds is 9. The number of carbonyl (C=O) groups excluding carboxylic acids is 3. The molecule has 1 fully saturated rings. The Bertz CT molecular complexity index is 1500. The average Bonchev–Trinajstić information content (AvgIpc) is 3.68. The van der Waals surface area contributed by atoms with Crippen LogP contribution in [-0.2, 0) is 20.7 Å². The van der Waals surface area contributed by atoms with Gasteiger partial charge in [-0.2, -0.15) is 0 Å². The molecule has 3 aromatic rings. The van der Waals surface area contributed by atoms with Crippen molar-refractivity contribution in [2.24, 2.45) is 5.92 Å². The molecule has 0 radical (unpaired) electrons. The maximum atomic E-state index is 14.7. The lowest BCUT2D eigenvalue weighted by atomic mass is 9.96. The number of para-hydroxylation sites is 1. The summed E-state index contributed by atoms with van der Waals surface area (Å²) in [5.74, 6) is 2.12. The van der Waals surface area contributed by atoms with Gasteiger partial charge in [-0.05, 0) is 75.3 Å². The number of nitrogens with zero attached hydrogens (tertiary/aromatic N) is 1. The van der Waals surface area contributed by atoms with Crippen molar-refractivity contribution in [1.82, 2.24) is 10.2 Å². The van der Waals surface area contributed by atoms with Crippen molar-refractivity contribution in [3.63, 3.8) is 0 Å². The maximum absolute atomic E-state index is 14.7. The Kier molecular flexibility index (Phi) is 9.60. The number of hydrogen-bond donors (Lipinski definition) is 2. The van der Waals surface area contributed by atoms with E-state index in [1.165, 1.54) is 0 Å². The van der Waals surface area contributed by atoms with E-state index >= 15 is 0 Å². The SMILES string of the molecule is C#Cc1ccccc1C(C(=O)Nc1c(C)cccc1C)N(C(=O)C(Cc1ccccc1)NC(=O)OC(C)(C)C)C1CC1C. The van der Waals surface area contributed by atoms with Crippen LogP contribution in [0.25, 0.3) is 0 Å². The molecular weight excluding hydrogens is 538 g/mol. The summed E-state index contributed by atoms with van der Waals surface area (Å²) in [6.45, 7) is 11.2. The number of carbonyl (C=O) groups is 3. The van der Waals surface area contributed by atoms with Gasteiger partial charge >= 0.3 is 6.09 Å². The predicted octanol–water partition coefficient (Wildman–Crippen LogP) is 6.34. The maximum Gasteiger partial charge on any atom is 0.408 e. The van der Waals surface area contributed by atoms with Gasteiger partial charge in [0.1, 0.15) is 17.7 Å². The van der Waals surface area contributed by atoms with Crippen LogP contribution in [0.15, 0.2) is 72.8 Å². The van der Waals surface area contributed by atoms with Crippen molar-refractivity contribution in [3.05, 3.63) is 101 Å². The van der Waals surface area contributed by atoms with Crippen LogP contribution in [-0.4, -0.2) is 40.5 Å². The third-order valence-electron chi connectivity index (χ3n) is 7.62. The standard InChI is InChI=1S/C36H41N3O4/c1-8-27-19-12-13-20-28(27)32(33(40)38-31-23(2)15-14-16-24(31)3)39(30-21-25(30)4)34(41)29(22-26-17-10-9-11-18-26)37-35(42)43-36(5,6)7/h1,9-20,25,29-30,32H,21-22H2,2-7H3,(H,37,42)(H,38,40). The summed E-state index contributed by atoms with van der Waals surface area (Å²) in [5.41, 5.74) is 3.69. The van der Waals surface area contributed by atoms with Gasteiger partial charge < -0.3 is 20.3 Å². The van der Waals surface area contributed by atoms with E-state index in [-0.39, 0.29) is 30.2 Å². The van der Waals surface area contributed by atoms with Crippen LogP contribution in [0.3, 0.4) is 0 Å². The first-order chi connectivity index (χ1) is 20.4. The van der Waals surface area contributed by atoms with Gasteiger partial charge in [0.15, 0.2) is 0 Å². The highest BCUT2D eigenvalue weighted by molar-refractivity contribution is 6.00. The second-order valence-electron chi connectivity index (χ2n) is 12.3. The number of alkyl carbamates (subject to hydrolysis) is 1.